The normalized spacial score (nSPS) is 10.5. The molecular formula is C18H17N3O3. The van der Waals surface area contributed by atoms with Gasteiger partial charge in [0.2, 0.25) is 0 Å². The molecule has 0 aliphatic carbocycles. The maximum atomic E-state index is 12.1. The number of amides is 2. The Morgan fingerprint density at radius 2 is 1.67 bits per heavy atom. The molecular weight excluding hydrogens is 306 g/mol. The number of fused-ring (bicyclic) bond motifs is 1. The Morgan fingerprint density at radius 3 is 2.42 bits per heavy atom. The molecule has 3 rings (SSSR count). The van der Waals surface area contributed by atoms with Gasteiger partial charge in [0.1, 0.15) is 0 Å². The molecule has 2 amide bonds. The number of rotatable bonds is 4. The van der Waals surface area contributed by atoms with Gasteiger partial charge in [-0.1, -0.05) is 48.5 Å². The fourth-order valence-electron chi connectivity index (χ4n) is 2.51. The summed E-state index contributed by atoms with van der Waals surface area (Å²) in [6.07, 6.45) is 0. The first kappa shape index (κ1) is 15.8. The van der Waals surface area contributed by atoms with Crippen molar-refractivity contribution in [1.29, 1.82) is 0 Å². The summed E-state index contributed by atoms with van der Waals surface area (Å²) in [4.78, 5) is 27.2. The zero-order valence-electron chi connectivity index (χ0n) is 12.9. The molecule has 3 aromatic rings. The number of hydrogen-bond donors (Lipinski definition) is 4. The van der Waals surface area contributed by atoms with Crippen LogP contribution in [-0.2, 0) is 9.59 Å². The van der Waals surface area contributed by atoms with E-state index in [0.717, 1.165) is 22.2 Å². The molecule has 0 saturated heterocycles. The van der Waals surface area contributed by atoms with Crippen LogP contribution in [0.15, 0.2) is 54.6 Å². The third kappa shape index (κ3) is 3.13. The molecule has 2 aromatic carbocycles. The topological polar surface area (TPSA) is 94.2 Å². The van der Waals surface area contributed by atoms with Gasteiger partial charge in [0.05, 0.1) is 18.0 Å². The summed E-state index contributed by atoms with van der Waals surface area (Å²) in [6.45, 7) is -0.187. The molecule has 122 valence electrons. The first-order chi connectivity index (χ1) is 11.7. The van der Waals surface area contributed by atoms with E-state index in [1.807, 2.05) is 54.6 Å². The lowest BCUT2D eigenvalue weighted by atomic mass is 10.1. The molecule has 0 aliphatic rings. The van der Waals surface area contributed by atoms with E-state index in [9.17, 15) is 9.59 Å². The maximum Gasteiger partial charge on any atom is 0.313 e. The molecule has 0 saturated carbocycles. The first-order valence-corrected chi connectivity index (χ1v) is 7.57. The Hall–Kier alpha value is -3.12. The number of H-pyrrole nitrogens is 1. The van der Waals surface area contributed by atoms with Crippen LogP contribution in [0.2, 0.25) is 0 Å². The zero-order valence-corrected chi connectivity index (χ0v) is 12.9. The SMILES string of the molecule is O=C(NCCO)C(=O)Nc1c(-c2ccccc2)[nH]c2ccccc12. The Labute approximate surface area is 138 Å². The predicted molar refractivity (Wildman–Crippen MR) is 92.5 cm³/mol. The summed E-state index contributed by atoms with van der Waals surface area (Å²) in [5.74, 6) is -1.56. The molecule has 6 heteroatoms. The van der Waals surface area contributed by atoms with Crippen molar-refractivity contribution < 1.29 is 14.7 Å². The van der Waals surface area contributed by atoms with E-state index in [4.69, 9.17) is 5.11 Å². The van der Waals surface area contributed by atoms with Crippen LogP contribution < -0.4 is 10.6 Å². The second-order valence-electron chi connectivity index (χ2n) is 5.22. The zero-order chi connectivity index (χ0) is 16.9. The minimum Gasteiger partial charge on any atom is -0.395 e. The molecule has 1 heterocycles. The number of nitrogens with one attached hydrogen (secondary N) is 3. The fourth-order valence-corrected chi connectivity index (χ4v) is 2.51. The van der Waals surface area contributed by atoms with E-state index in [1.165, 1.54) is 0 Å². The van der Waals surface area contributed by atoms with Crippen LogP contribution in [0.4, 0.5) is 5.69 Å². The van der Waals surface area contributed by atoms with E-state index in [1.54, 1.807) is 0 Å². The van der Waals surface area contributed by atoms with Crippen molar-refractivity contribution in [2.45, 2.75) is 0 Å². The van der Waals surface area contributed by atoms with Crippen molar-refractivity contribution in [3.05, 3.63) is 54.6 Å². The smallest absolute Gasteiger partial charge is 0.313 e. The monoisotopic (exact) mass is 323 g/mol. The molecule has 0 unspecified atom stereocenters. The molecule has 0 fully saturated rings. The van der Waals surface area contributed by atoms with Gasteiger partial charge in [-0.15, -0.1) is 0 Å². The number of carbonyl (C=O) groups is 2. The second kappa shape index (κ2) is 6.97. The highest BCUT2D eigenvalue weighted by atomic mass is 16.3. The highest BCUT2D eigenvalue weighted by molar-refractivity contribution is 6.40. The highest BCUT2D eigenvalue weighted by Crippen LogP contribution is 2.34. The first-order valence-electron chi connectivity index (χ1n) is 7.57. The number of anilines is 1. The van der Waals surface area contributed by atoms with Crippen molar-refractivity contribution in [3.63, 3.8) is 0 Å². The number of hydrogen-bond acceptors (Lipinski definition) is 3. The van der Waals surface area contributed by atoms with Crippen molar-refractivity contribution in [3.8, 4) is 11.3 Å². The Morgan fingerprint density at radius 1 is 0.958 bits per heavy atom. The number of aliphatic hydroxyl groups excluding tert-OH is 1. The second-order valence-corrected chi connectivity index (χ2v) is 5.22. The van der Waals surface area contributed by atoms with E-state index in [0.29, 0.717) is 5.69 Å². The number of aromatic amines is 1. The Bertz CT molecular complexity index is 872. The van der Waals surface area contributed by atoms with Crippen LogP contribution in [0.25, 0.3) is 22.2 Å². The number of para-hydroxylation sites is 1. The lowest BCUT2D eigenvalue weighted by Gasteiger charge is -2.08. The third-order valence-corrected chi connectivity index (χ3v) is 3.61. The number of aliphatic hydroxyl groups is 1. The number of aromatic nitrogens is 1. The summed E-state index contributed by atoms with van der Waals surface area (Å²) in [6, 6.07) is 17.1. The molecule has 24 heavy (non-hydrogen) atoms. The third-order valence-electron chi connectivity index (χ3n) is 3.61. The van der Waals surface area contributed by atoms with Gasteiger partial charge in [0, 0.05) is 23.0 Å². The highest BCUT2D eigenvalue weighted by Gasteiger charge is 2.19. The molecule has 0 aliphatic heterocycles. The minimum atomic E-state index is -0.784. The van der Waals surface area contributed by atoms with Gasteiger partial charge in [-0.05, 0) is 6.07 Å². The van der Waals surface area contributed by atoms with Crippen LogP contribution in [0, 0.1) is 0 Å². The van der Waals surface area contributed by atoms with Gasteiger partial charge in [-0.2, -0.15) is 0 Å². The van der Waals surface area contributed by atoms with Crippen molar-refractivity contribution in [1.82, 2.24) is 10.3 Å². The summed E-state index contributed by atoms with van der Waals surface area (Å²) in [7, 11) is 0. The number of carbonyl (C=O) groups excluding carboxylic acids is 2. The van der Waals surface area contributed by atoms with Gasteiger partial charge in [0.25, 0.3) is 0 Å². The van der Waals surface area contributed by atoms with E-state index < -0.39 is 11.8 Å². The quantitative estimate of drug-likeness (QED) is 0.552. The molecule has 1 aromatic heterocycles. The standard InChI is InChI=1S/C18H17N3O3/c22-11-10-19-17(23)18(24)21-16-13-8-4-5-9-14(13)20-15(16)12-6-2-1-3-7-12/h1-9,20,22H,10-11H2,(H,19,23)(H,21,24). The summed E-state index contributed by atoms with van der Waals surface area (Å²) >= 11 is 0. The maximum absolute atomic E-state index is 12.1. The predicted octanol–water partition coefficient (Wildman–Crippen LogP) is 1.88. The van der Waals surface area contributed by atoms with Gasteiger partial charge in [0.15, 0.2) is 0 Å². The molecule has 0 radical (unpaired) electrons. The molecule has 6 nitrogen and oxygen atoms in total. The van der Waals surface area contributed by atoms with Crippen molar-refractivity contribution in [2.24, 2.45) is 0 Å². The fraction of sp³-hybridized carbons (Fsp3) is 0.111. The Balaban J connectivity index is 1.99. The van der Waals surface area contributed by atoms with E-state index in [2.05, 4.69) is 15.6 Å². The average molecular weight is 323 g/mol. The number of benzene rings is 2. The van der Waals surface area contributed by atoms with Crippen LogP contribution in [-0.4, -0.2) is 35.1 Å². The molecule has 0 bridgehead atoms. The van der Waals surface area contributed by atoms with Gasteiger partial charge in [-0.3, -0.25) is 9.59 Å². The van der Waals surface area contributed by atoms with Crippen LogP contribution in [0.1, 0.15) is 0 Å². The lowest BCUT2D eigenvalue weighted by molar-refractivity contribution is -0.136. The summed E-state index contributed by atoms with van der Waals surface area (Å²) in [5.41, 5.74) is 3.06. The summed E-state index contributed by atoms with van der Waals surface area (Å²) in [5, 5.41) is 14.6. The van der Waals surface area contributed by atoms with Crippen molar-refractivity contribution in [2.75, 3.05) is 18.5 Å². The minimum absolute atomic E-state index is 0.0334. The van der Waals surface area contributed by atoms with E-state index in [-0.39, 0.29) is 13.2 Å². The van der Waals surface area contributed by atoms with Crippen LogP contribution in [0.3, 0.4) is 0 Å². The van der Waals surface area contributed by atoms with E-state index >= 15 is 0 Å². The summed E-state index contributed by atoms with van der Waals surface area (Å²) < 4.78 is 0. The van der Waals surface area contributed by atoms with Gasteiger partial charge in [-0.25, -0.2) is 0 Å². The molecule has 0 atom stereocenters. The Kier molecular flexibility index (Phi) is 4.58. The van der Waals surface area contributed by atoms with Crippen LogP contribution >= 0.6 is 0 Å². The lowest BCUT2D eigenvalue weighted by Crippen LogP contribution is -2.36. The van der Waals surface area contributed by atoms with Gasteiger partial charge >= 0.3 is 11.8 Å². The van der Waals surface area contributed by atoms with Crippen molar-refractivity contribution >= 4 is 28.4 Å². The van der Waals surface area contributed by atoms with Gasteiger partial charge < -0.3 is 20.7 Å². The van der Waals surface area contributed by atoms with Crippen LogP contribution in [0.5, 0.6) is 0 Å². The average Bonchev–Trinajstić information content (AvgIpc) is 2.99. The molecule has 4 N–H and O–H groups in total. The molecule has 0 spiro atoms. The largest absolute Gasteiger partial charge is 0.395 e.